The van der Waals surface area contributed by atoms with E-state index in [1.807, 2.05) is 12.1 Å². The van der Waals surface area contributed by atoms with E-state index in [0.29, 0.717) is 6.54 Å². The fourth-order valence-electron chi connectivity index (χ4n) is 1.24. The fraction of sp³-hybridized carbons (Fsp3) is 0.250. The number of ether oxygens (including phenoxy) is 2. The van der Waals surface area contributed by atoms with Crippen LogP contribution in [0.1, 0.15) is 5.56 Å². The summed E-state index contributed by atoms with van der Waals surface area (Å²) in [6.07, 6.45) is 0. The zero-order valence-corrected chi connectivity index (χ0v) is 8.43. The van der Waals surface area contributed by atoms with Crippen molar-refractivity contribution in [2.24, 2.45) is 5.84 Å². The molecule has 1 aromatic rings. The van der Waals surface area contributed by atoms with Gasteiger partial charge in [-0.15, -0.1) is 0 Å². The standard InChI is InChI=1S/C8H9BrN2O2/c9-6-1-5(3-11-10)2-7-8(6)13-4-12-7/h1-2,11H,3-4,10H2. The Labute approximate surface area is 84.1 Å². The van der Waals surface area contributed by atoms with Gasteiger partial charge >= 0.3 is 0 Å². The van der Waals surface area contributed by atoms with E-state index >= 15 is 0 Å². The summed E-state index contributed by atoms with van der Waals surface area (Å²) in [5, 5.41) is 0. The summed E-state index contributed by atoms with van der Waals surface area (Å²) in [5.74, 6) is 6.75. The van der Waals surface area contributed by atoms with Gasteiger partial charge < -0.3 is 9.47 Å². The van der Waals surface area contributed by atoms with Crippen LogP contribution in [-0.2, 0) is 6.54 Å². The maximum atomic E-state index is 5.25. The monoisotopic (exact) mass is 244 g/mol. The first-order valence-corrected chi connectivity index (χ1v) is 4.62. The molecule has 5 heteroatoms. The van der Waals surface area contributed by atoms with Gasteiger partial charge in [0.15, 0.2) is 11.5 Å². The molecule has 0 unspecified atom stereocenters. The Kier molecular flexibility index (Phi) is 2.39. The van der Waals surface area contributed by atoms with E-state index in [4.69, 9.17) is 15.3 Å². The Balaban J connectivity index is 2.37. The summed E-state index contributed by atoms with van der Waals surface area (Å²) in [6, 6.07) is 3.86. The zero-order chi connectivity index (χ0) is 9.26. The van der Waals surface area contributed by atoms with Crippen molar-refractivity contribution < 1.29 is 9.47 Å². The van der Waals surface area contributed by atoms with E-state index in [9.17, 15) is 0 Å². The Hall–Kier alpha value is -0.780. The van der Waals surface area contributed by atoms with Crippen LogP contribution in [0, 0.1) is 0 Å². The maximum Gasteiger partial charge on any atom is 0.231 e. The highest BCUT2D eigenvalue weighted by Crippen LogP contribution is 2.39. The number of nitrogens with one attached hydrogen (secondary N) is 1. The summed E-state index contributed by atoms with van der Waals surface area (Å²) in [4.78, 5) is 0. The van der Waals surface area contributed by atoms with Crippen LogP contribution >= 0.6 is 15.9 Å². The van der Waals surface area contributed by atoms with Crippen LogP contribution in [0.4, 0.5) is 0 Å². The second kappa shape index (κ2) is 3.53. The minimum absolute atomic E-state index is 0.285. The first kappa shape index (κ1) is 8.80. The average molecular weight is 245 g/mol. The lowest BCUT2D eigenvalue weighted by molar-refractivity contribution is 0.173. The van der Waals surface area contributed by atoms with E-state index in [0.717, 1.165) is 21.5 Å². The predicted molar refractivity (Wildman–Crippen MR) is 51.3 cm³/mol. The molecule has 0 fully saturated rings. The largest absolute Gasteiger partial charge is 0.454 e. The zero-order valence-electron chi connectivity index (χ0n) is 6.84. The Morgan fingerprint density at radius 3 is 3.08 bits per heavy atom. The smallest absolute Gasteiger partial charge is 0.231 e. The third kappa shape index (κ3) is 1.63. The van der Waals surface area contributed by atoms with Gasteiger partial charge in [0.2, 0.25) is 6.79 Å². The van der Waals surface area contributed by atoms with Crippen molar-refractivity contribution in [1.82, 2.24) is 5.43 Å². The van der Waals surface area contributed by atoms with Crippen molar-refractivity contribution in [2.75, 3.05) is 6.79 Å². The molecule has 70 valence electrons. The number of fused-ring (bicyclic) bond motifs is 1. The molecule has 4 nitrogen and oxygen atoms in total. The highest BCUT2D eigenvalue weighted by Gasteiger charge is 2.17. The fourth-order valence-corrected chi connectivity index (χ4v) is 1.84. The molecule has 0 bridgehead atoms. The molecular weight excluding hydrogens is 236 g/mol. The second-order valence-electron chi connectivity index (χ2n) is 2.69. The molecule has 3 N–H and O–H groups in total. The SMILES string of the molecule is NNCc1cc(Br)c2c(c1)OCO2. The second-order valence-corrected chi connectivity index (χ2v) is 3.55. The first-order valence-electron chi connectivity index (χ1n) is 3.83. The first-order chi connectivity index (χ1) is 6.31. The molecule has 0 spiro atoms. The van der Waals surface area contributed by atoms with Gasteiger partial charge in [0.05, 0.1) is 4.47 Å². The summed E-state index contributed by atoms with van der Waals surface area (Å²) >= 11 is 3.39. The Morgan fingerprint density at radius 1 is 1.46 bits per heavy atom. The van der Waals surface area contributed by atoms with Gasteiger partial charge in [-0.25, -0.2) is 0 Å². The molecule has 1 aliphatic heterocycles. The van der Waals surface area contributed by atoms with Crippen LogP contribution in [0.15, 0.2) is 16.6 Å². The summed E-state index contributed by atoms with van der Waals surface area (Å²) in [6.45, 7) is 0.892. The number of hydrogen-bond donors (Lipinski definition) is 2. The topological polar surface area (TPSA) is 56.5 Å². The van der Waals surface area contributed by atoms with E-state index in [1.165, 1.54) is 0 Å². The van der Waals surface area contributed by atoms with Gasteiger partial charge in [0.1, 0.15) is 0 Å². The maximum absolute atomic E-state index is 5.25. The lowest BCUT2D eigenvalue weighted by atomic mass is 10.2. The van der Waals surface area contributed by atoms with Gasteiger partial charge in [0, 0.05) is 6.54 Å². The predicted octanol–water partition coefficient (Wildman–Crippen LogP) is 1.14. The van der Waals surface area contributed by atoms with E-state index in [1.54, 1.807) is 0 Å². The van der Waals surface area contributed by atoms with Crippen molar-refractivity contribution in [3.05, 3.63) is 22.2 Å². The lowest BCUT2D eigenvalue weighted by Gasteiger charge is -2.03. The van der Waals surface area contributed by atoms with Crippen molar-refractivity contribution in [3.63, 3.8) is 0 Å². The minimum atomic E-state index is 0.285. The molecule has 0 saturated carbocycles. The lowest BCUT2D eigenvalue weighted by Crippen LogP contribution is -2.20. The van der Waals surface area contributed by atoms with Crippen LogP contribution in [-0.4, -0.2) is 6.79 Å². The third-order valence-corrected chi connectivity index (χ3v) is 2.38. The average Bonchev–Trinajstić information content (AvgIpc) is 2.53. The van der Waals surface area contributed by atoms with E-state index in [2.05, 4.69) is 21.4 Å². The molecule has 0 aromatic heterocycles. The molecule has 0 atom stereocenters. The number of halogens is 1. The van der Waals surface area contributed by atoms with Crippen LogP contribution < -0.4 is 20.7 Å². The molecule has 1 aromatic carbocycles. The van der Waals surface area contributed by atoms with Crippen LogP contribution in [0.5, 0.6) is 11.5 Å². The molecule has 0 aliphatic carbocycles. The number of hydrazine groups is 1. The van der Waals surface area contributed by atoms with Crippen molar-refractivity contribution in [3.8, 4) is 11.5 Å². The van der Waals surface area contributed by atoms with Crippen LogP contribution in [0.3, 0.4) is 0 Å². The van der Waals surface area contributed by atoms with Crippen molar-refractivity contribution >= 4 is 15.9 Å². The molecule has 2 rings (SSSR count). The summed E-state index contributed by atoms with van der Waals surface area (Å²) in [5.41, 5.74) is 3.64. The quantitative estimate of drug-likeness (QED) is 0.606. The summed E-state index contributed by atoms with van der Waals surface area (Å²) < 4.78 is 11.4. The molecular formula is C8H9BrN2O2. The number of hydrogen-bond acceptors (Lipinski definition) is 4. The number of rotatable bonds is 2. The Morgan fingerprint density at radius 2 is 2.31 bits per heavy atom. The number of nitrogens with two attached hydrogens (primary N) is 1. The van der Waals surface area contributed by atoms with Crippen LogP contribution in [0.2, 0.25) is 0 Å². The van der Waals surface area contributed by atoms with Gasteiger partial charge in [0.25, 0.3) is 0 Å². The number of benzene rings is 1. The highest BCUT2D eigenvalue weighted by atomic mass is 79.9. The van der Waals surface area contributed by atoms with Gasteiger partial charge in [-0.05, 0) is 33.6 Å². The van der Waals surface area contributed by atoms with Crippen molar-refractivity contribution in [2.45, 2.75) is 6.54 Å². The Bertz CT molecular complexity index is 330. The molecule has 1 aliphatic rings. The van der Waals surface area contributed by atoms with Crippen molar-refractivity contribution in [1.29, 1.82) is 0 Å². The van der Waals surface area contributed by atoms with Gasteiger partial charge in [-0.3, -0.25) is 11.3 Å². The van der Waals surface area contributed by atoms with Gasteiger partial charge in [-0.1, -0.05) is 0 Å². The molecule has 1 heterocycles. The minimum Gasteiger partial charge on any atom is -0.454 e. The molecule has 0 saturated heterocycles. The highest BCUT2D eigenvalue weighted by molar-refractivity contribution is 9.10. The van der Waals surface area contributed by atoms with Gasteiger partial charge in [-0.2, -0.15) is 0 Å². The normalized spacial score (nSPS) is 13.4. The molecule has 13 heavy (non-hydrogen) atoms. The molecule has 0 radical (unpaired) electrons. The summed E-state index contributed by atoms with van der Waals surface area (Å²) in [7, 11) is 0. The van der Waals surface area contributed by atoms with E-state index < -0.39 is 0 Å². The third-order valence-electron chi connectivity index (χ3n) is 1.79. The van der Waals surface area contributed by atoms with Crippen LogP contribution in [0.25, 0.3) is 0 Å². The van der Waals surface area contributed by atoms with E-state index in [-0.39, 0.29) is 6.79 Å². The molecule has 0 amide bonds.